The van der Waals surface area contributed by atoms with E-state index in [-0.39, 0.29) is 18.0 Å². The van der Waals surface area contributed by atoms with Crippen LogP contribution in [0.4, 0.5) is 0 Å². The molecule has 5 nitrogen and oxygen atoms in total. The number of esters is 1. The number of carbonyl (C=O) groups is 2. The van der Waals surface area contributed by atoms with Crippen molar-refractivity contribution in [2.24, 2.45) is 11.8 Å². The Labute approximate surface area is 128 Å². The number of carbonyl (C=O) groups excluding carboxylic acids is 2. The summed E-state index contributed by atoms with van der Waals surface area (Å²) in [6.07, 6.45) is 3.50. The van der Waals surface area contributed by atoms with Crippen molar-refractivity contribution in [3.05, 3.63) is 48.0 Å². The SMILES string of the molecule is COC(=O)[C@H]1[C@@H]2C=C[C@]3(CN(Cc4ccccc4)C(=O)[C@H]13)O2. The van der Waals surface area contributed by atoms with Crippen LogP contribution in [0.2, 0.25) is 0 Å². The van der Waals surface area contributed by atoms with Crippen molar-refractivity contribution < 1.29 is 19.1 Å². The molecular formula is C17H17NO4. The summed E-state index contributed by atoms with van der Waals surface area (Å²) in [5, 5.41) is 0. The molecule has 3 heterocycles. The highest BCUT2D eigenvalue weighted by Gasteiger charge is 2.67. The molecule has 1 amide bonds. The predicted molar refractivity (Wildman–Crippen MR) is 77.6 cm³/mol. The lowest BCUT2D eigenvalue weighted by atomic mass is 9.77. The zero-order chi connectivity index (χ0) is 15.3. The summed E-state index contributed by atoms with van der Waals surface area (Å²) in [6.45, 7) is 1.03. The number of hydrogen-bond acceptors (Lipinski definition) is 4. The van der Waals surface area contributed by atoms with E-state index in [4.69, 9.17) is 9.47 Å². The first-order valence-corrected chi connectivity index (χ1v) is 7.42. The number of benzene rings is 1. The van der Waals surface area contributed by atoms with Crippen LogP contribution in [0.3, 0.4) is 0 Å². The zero-order valence-corrected chi connectivity index (χ0v) is 12.3. The van der Waals surface area contributed by atoms with Crippen LogP contribution in [0, 0.1) is 11.8 Å². The molecule has 0 N–H and O–H groups in total. The van der Waals surface area contributed by atoms with Gasteiger partial charge in [0, 0.05) is 6.54 Å². The average Bonchev–Trinajstić information content (AvgIpc) is 3.16. The summed E-state index contributed by atoms with van der Waals surface area (Å²) in [5.74, 6) is -1.37. The minimum absolute atomic E-state index is 0.0221. The van der Waals surface area contributed by atoms with Crippen LogP contribution in [-0.2, 0) is 25.6 Å². The second-order valence-electron chi connectivity index (χ2n) is 6.10. The van der Waals surface area contributed by atoms with Crippen LogP contribution in [0.5, 0.6) is 0 Å². The lowest BCUT2D eigenvalue weighted by Gasteiger charge is -2.22. The highest BCUT2D eigenvalue weighted by Crippen LogP contribution is 2.52. The molecule has 2 fully saturated rings. The highest BCUT2D eigenvalue weighted by atomic mass is 16.5. The van der Waals surface area contributed by atoms with Crippen molar-refractivity contribution in [1.82, 2.24) is 4.90 Å². The lowest BCUT2D eigenvalue weighted by Crippen LogP contribution is -2.39. The smallest absolute Gasteiger partial charge is 0.312 e. The van der Waals surface area contributed by atoms with E-state index in [0.717, 1.165) is 5.56 Å². The van der Waals surface area contributed by atoms with E-state index in [0.29, 0.717) is 13.1 Å². The molecule has 0 aromatic heterocycles. The largest absolute Gasteiger partial charge is 0.469 e. The van der Waals surface area contributed by atoms with Gasteiger partial charge in [-0.3, -0.25) is 9.59 Å². The topological polar surface area (TPSA) is 55.8 Å². The monoisotopic (exact) mass is 299 g/mol. The molecule has 0 aliphatic carbocycles. The van der Waals surface area contributed by atoms with Gasteiger partial charge in [0.2, 0.25) is 5.91 Å². The third kappa shape index (κ3) is 1.75. The number of likely N-dealkylation sites (tertiary alicyclic amines) is 1. The number of methoxy groups -OCH3 is 1. The molecule has 3 aliphatic heterocycles. The van der Waals surface area contributed by atoms with E-state index >= 15 is 0 Å². The number of nitrogens with zero attached hydrogens (tertiary/aromatic N) is 1. The van der Waals surface area contributed by atoms with Gasteiger partial charge in [0.1, 0.15) is 11.5 Å². The maximum atomic E-state index is 12.8. The summed E-state index contributed by atoms with van der Waals surface area (Å²) in [5.41, 5.74) is 0.412. The van der Waals surface area contributed by atoms with Crippen molar-refractivity contribution in [2.45, 2.75) is 18.2 Å². The molecule has 114 valence electrons. The molecule has 5 heteroatoms. The van der Waals surface area contributed by atoms with Crippen molar-refractivity contribution in [3.8, 4) is 0 Å². The van der Waals surface area contributed by atoms with Gasteiger partial charge in [-0.2, -0.15) is 0 Å². The van der Waals surface area contributed by atoms with Crippen molar-refractivity contribution in [1.29, 1.82) is 0 Å². The van der Waals surface area contributed by atoms with Crippen LogP contribution in [-0.4, -0.2) is 42.1 Å². The Morgan fingerprint density at radius 3 is 2.91 bits per heavy atom. The number of ether oxygens (including phenoxy) is 2. The molecule has 4 atom stereocenters. The molecule has 1 spiro atoms. The van der Waals surface area contributed by atoms with Gasteiger partial charge in [-0.25, -0.2) is 0 Å². The molecule has 2 bridgehead atoms. The maximum absolute atomic E-state index is 12.8. The van der Waals surface area contributed by atoms with Gasteiger partial charge in [0.25, 0.3) is 0 Å². The van der Waals surface area contributed by atoms with E-state index < -0.39 is 17.4 Å². The summed E-state index contributed by atoms with van der Waals surface area (Å²) >= 11 is 0. The van der Waals surface area contributed by atoms with Crippen LogP contribution < -0.4 is 0 Å². The van der Waals surface area contributed by atoms with Crippen LogP contribution in [0.15, 0.2) is 42.5 Å². The molecule has 1 aromatic carbocycles. The summed E-state index contributed by atoms with van der Waals surface area (Å²) < 4.78 is 10.9. The zero-order valence-electron chi connectivity index (χ0n) is 12.3. The lowest BCUT2D eigenvalue weighted by molar-refractivity contribution is -0.151. The summed E-state index contributed by atoms with van der Waals surface area (Å²) in [7, 11) is 1.35. The number of amides is 1. The fourth-order valence-corrected chi connectivity index (χ4v) is 3.92. The molecular weight excluding hydrogens is 282 g/mol. The standard InChI is InChI=1S/C17H17NO4/c1-21-16(20)13-12-7-8-17(22-12)10-18(15(19)14(13)17)9-11-5-3-2-4-6-11/h2-8,12-14H,9-10H2,1H3/t12-,13-,14-,17+/m0/s1. The van der Waals surface area contributed by atoms with Crippen LogP contribution in [0.1, 0.15) is 5.56 Å². The Bertz CT molecular complexity index is 656. The summed E-state index contributed by atoms with van der Waals surface area (Å²) in [4.78, 5) is 26.6. The molecule has 3 aliphatic rings. The van der Waals surface area contributed by atoms with Crippen LogP contribution in [0.25, 0.3) is 0 Å². The van der Waals surface area contributed by atoms with Crippen molar-refractivity contribution in [2.75, 3.05) is 13.7 Å². The first-order chi connectivity index (χ1) is 10.6. The number of rotatable bonds is 3. The average molecular weight is 299 g/mol. The van der Waals surface area contributed by atoms with Gasteiger partial charge in [-0.1, -0.05) is 42.5 Å². The molecule has 1 aromatic rings. The number of fused-ring (bicyclic) bond motifs is 1. The van der Waals surface area contributed by atoms with E-state index in [9.17, 15) is 9.59 Å². The second-order valence-corrected chi connectivity index (χ2v) is 6.10. The van der Waals surface area contributed by atoms with E-state index in [1.54, 1.807) is 4.90 Å². The Morgan fingerprint density at radius 1 is 1.41 bits per heavy atom. The van der Waals surface area contributed by atoms with Crippen molar-refractivity contribution >= 4 is 11.9 Å². The molecule has 0 unspecified atom stereocenters. The third-order valence-corrected chi connectivity index (χ3v) is 4.87. The minimum Gasteiger partial charge on any atom is -0.469 e. The number of hydrogen-bond donors (Lipinski definition) is 0. The fraction of sp³-hybridized carbons (Fsp3) is 0.412. The molecule has 0 saturated carbocycles. The van der Waals surface area contributed by atoms with Gasteiger partial charge in [-0.15, -0.1) is 0 Å². The maximum Gasteiger partial charge on any atom is 0.312 e. The minimum atomic E-state index is -0.657. The molecule has 2 saturated heterocycles. The predicted octanol–water partition coefficient (Wildman–Crippen LogP) is 1.14. The van der Waals surface area contributed by atoms with E-state index in [2.05, 4.69) is 0 Å². The van der Waals surface area contributed by atoms with Crippen molar-refractivity contribution in [3.63, 3.8) is 0 Å². The Morgan fingerprint density at radius 2 is 2.18 bits per heavy atom. The van der Waals surface area contributed by atoms with E-state index in [1.165, 1.54) is 7.11 Å². The second kappa shape index (κ2) is 4.68. The third-order valence-electron chi connectivity index (χ3n) is 4.87. The molecule has 22 heavy (non-hydrogen) atoms. The molecule has 4 rings (SSSR count). The quantitative estimate of drug-likeness (QED) is 0.620. The summed E-state index contributed by atoms with van der Waals surface area (Å²) in [6, 6.07) is 9.84. The normalized spacial score (nSPS) is 35.0. The molecule has 0 radical (unpaired) electrons. The highest BCUT2D eigenvalue weighted by molar-refractivity contribution is 5.91. The fourth-order valence-electron chi connectivity index (χ4n) is 3.92. The first kappa shape index (κ1) is 13.5. The van der Waals surface area contributed by atoms with Gasteiger partial charge in [0.05, 0.1) is 25.7 Å². The van der Waals surface area contributed by atoms with Gasteiger partial charge >= 0.3 is 5.97 Å². The Kier molecular flexibility index (Phi) is 2.87. The Balaban J connectivity index is 1.62. The van der Waals surface area contributed by atoms with Gasteiger partial charge < -0.3 is 14.4 Å². The van der Waals surface area contributed by atoms with Crippen LogP contribution >= 0.6 is 0 Å². The van der Waals surface area contributed by atoms with Gasteiger partial charge in [-0.05, 0) is 5.56 Å². The first-order valence-electron chi connectivity index (χ1n) is 7.42. The van der Waals surface area contributed by atoms with E-state index in [1.807, 2.05) is 42.5 Å². The Hall–Kier alpha value is -2.14. The van der Waals surface area contributed by atoms with Gasteiger partial charge in [0.15, 0.2) is 0 Å².